The summed E-state index contributed by atoms with van der Waals surface area (Å²) in [5, 5.41) is 4.46. The summed E-state index contributed by atoms with van der Waals surface area (Å²) in [5.41, 5.74) is 4.62. The predicted octanol–water partition coefficient (Wildman–Crippen LogP) is 3.06. The number of ether oxygens (including phenoxy) is 1. The number of nitrogens with one attached hydrogen (secondary N) is 1. The van der Waals surface area contributed by atoms with Crippen LogP contribution in [-0.4, -0.2) is 58.6 Å². The van der Waals surface area contributed by atoms with Crippen molar-refractivity contribution in [1.82, 2.24) is 24.8 Å². The fraction of sp³-hybridized carbons (Fsp3) is 0.364. The number of nitrogens with zero attached hydrogens (tertiary/aromatic N) is 6. The zero-order valence-corrected chi connectivity index (χ0v) is 20.6. The standard InChI is InChI=1S/C22H26N7O2S2/c1-14(31-33(3)4)18-19-20(26-11-25-18)28(12-27-19)10-15-5-6-17-16(9-15)29(13-30-2)21-22(32-17)24-8-7-23-21/h5-7,9,11-12,14,24H,8,10,13H2,1-4H3/q+1. The Hall–Kier alpha value is -2.60. The quantitative estimate of drug-likeness (QED) is 0.512. The van der Waals surface area contributed by atoms with Crippen LogP contribution in [0.4, 0.5) is 5.69 Å². The largest absolute Gasteiger partial charge is 0.372 e. The fourth-order valence-electron chi connectivity index (χ4n) is 3.97. The molecular formula is C22H26N7O2S2+. The Balaban J connectivity index is 1.46. The van der Waals surface area contributed by atoms with Crippen LogP contribution in [0.1, 0.15) is 24.3 Å². The minimum absolute atomic E-state index is 0.146. The molecule has 0 amide bonds. The molecule has 2 aliphatic rings. The molecule has 0 spiro atoms. The Labute approximate surface area is 199 Å². The van der Waals surface area contributed by atoms with Gasteiger partial charge in [0.1, 0.15) is 53.0 Å². The summed E-state index contributed by atoms with van der Waals surface area (Å²) in [7, 11) is 1.70. The topological polar surface area (TPSA) is 89.7 Å². The average Bonchev–Trinajstić information content (AvgIpc) is 3.21. The molecule has 11 heteroatoms. The molecule has 1 unspecified atom stereocenters. The number of aromatic nitrogens is 4. The van der Waals surface area contributed by atoms with Gasteiger partial charge in [0.05, 0.1) is 25.1 Å². The first-order valence-electron chi connectivity index (χ1n) is 10.5. The van der Waals surface area contributed by atoms with Crippen LogP contribution in [0.2, 0.25) is 0 Å². The van der Waals surface area contributed by atoms with E-state index in [9.17, 15) is 0 Å². The molecule has 2 aromatic heterocycles. The van der Waals surface area contributed by atoms with Gasteiger partial charge in [-0.2, -0.15) is 4.18 Å². The number of fused-ring (bicyclic) bond motifs is 2. The first-order valence-corrected chi connectivity index (χ1v) is 13.3. The van der Waals surface area contributed by atoms with Gasteiger partial charge in [-0.05, 0) is 24.6 Å². The lowest BCUT2D eigenvalue weighted by molar-refractivity contribution is 0.202. The first kappa shape index (κ1) is 22.2. The monoisotopic (exact) mass is 484 g/mol. The van der Waals surface area contributed by atoms with E-state index >= 15 is 0 Å². The summed E-state index contributed by atoms with van der Waals surface area (Å²) in [5.74, 6) is 0.892. The third-order valence-corrected chi connectivity index (χ3v) is 7.08. The summed E-state index contributed by atoms with van der Waals surface area (Å²) in [4.78, 5) is 21.5. The van der Waals surface area contributed by atoms with Crippen molar-refractivity contribution in [3.8, 4) is 0 Å². The molecule has 0 radical (unpaired) electrons. The molecule has 0 fully saturated rings. The Morgan fingerprint density at radius 2 is 2.12 bits per heavy atom. The molecule has 3 aromatic rings. The summed E-state index contributed by atoms with van der Waals surface area (Å²) >= 11 is 1.55. The van der Waals surface area contributed by atoms with E-state index in [0.29, 0.717) is 13.3 Å². The van der Waals surface area contributed by atoms with Crippen LogP contribution in [0.15, 0.2) is 51.6 Å². The van der Waals surface area contributed by atoms with E-state index in [1.54, 1.807) is 25.2 Å². The van der Waals surface area contributed by atoms with Crippen LogP contribution in [0.5, 0.6) is 0 Å². The van der Waals surface area contributed by atoms with Gasteiger partial charge in [-0.25, -0.2) is 19.9 Å². The van der Waals surface area contributed by atoms with Crippen LogP contribution in [0.25, 0.3) is 11.2 Å². The minimum atomic E-state index is -0.154. The molecule has 9 nitrogen and oxygen atoms in total. The lowest BCUT2D eigenvalue weighted by atomic mass is 10.1. The van der Waals surface area contributed by atoms with Crippen molar-refractivity contribution >= 4 is 46.0 Å². The minimum Gasteiger partial charge on any atom is -0.372 e. The smallest absolute Gasteiger partial charge is 0.165 e. The van der Waals surface area contributed by atoms with Gasteiger partial charge in [0.15, 0.2) is 17.6 Å². The lowest BCUT2D eigenvalue weighted by Crippen LogP contribution is -2.33. The van der Waals surface area contributed by atoms with Crippen molar-refractivity contribution in [2.45, 2.75) is 24.5 Å². The maximum Gasteiger partial charge on any atom is 0.165 e. The molecule has 172 valence electrons. The van der Waals surface area contributed by atoms with Crippen molar-refractivity contribution in [2.75, 3.05) is 37.8 Å². The highest BCUT2D eigenvalue weighted by Crippen LogP contribution is 2.43. The van der Waals surface area contributed by atoms with Crippen molar-refractivity contribution in [2.24, 2.45) is 4.99 Å². The number of anilines is 1. The maximum absolute atomic E-state index is 5.96. The van der Waals surface area contributed by atoms with E-state index < -0.39 is 0 Å². The van der Waals surface area contributed by atoms with E-state index in [2.05, 4.69) is 48.4 Å². The number of imidazole rings is 1. The van der Waals surface area contributed by atoms with Gasteiger partial charge in [0.25, 0.3) is 0 Å². The number of methoxy groups -OCH3 is 1. The second-order valence-electron chi connectivity index (χ2n) is 7.88. The fourth-order valence-corrected chi connectivity index (χ4v) is 5.68. The summed E-state index contributed by atoms with van der Waals surface area (Å²) in [6.07, 6.45) is 9.24. The number of hydrogen-bond acceptors (Lipinski definition) is 9. The molecule has 0 aliphatic carbocycles. The van der Waals surface area contributed by atoms with Crippen LogP contribution in [-0.2, 0) is 26.6 Å². The third-order valence-electron chi connectivity index (χ3n) is 5.31. The number of benzene rings is 1. The van der Waals surface area contributed by atoms with E-state index in [-0.39, 0.29) is 17.3 Å². The average molecular weight is 485 g/mol. The molecule has 1 N–H and O–H groups in total. The van der Waals surface area contributed by atoms with Crippen molar-refractivity contribution < 1.29 is 8.92 Å². The zero-order valence-electron chi connectivity index (χ0n) is 19.0. The molecule has 1 atom stereocenters. The van der Waals surface area contributed by atoms with Gasteiger partial charge in [-0.15, -0.1) is 0 Å². The second-order valence-corrected chi connectivity index (χ2v) is 10.6. The third kappa shape index (κ3) is 4.33. The van der Waals surface area contributed by atoms with Gasteiger partial charge >= 0.3 is 0 Å². The highest BCUT2D eigenvalue weighted by molar-refractivity contribution is 8.03. The van der Waals surface area contributed by atoms with Crippen LogP contribution >= 0.6 is 11.8 Å². The highest BCUT2D eigenvalue weighted by atomic mass is 32.2. The van der Waals surface area contributed by atoms with Gasteiger partial charge in [0.2, 0.25) is 0 Å². The second kappa shape index (κ2) is 9.34. The Morgan fingerprint density at radius 1 is 1.24 bits per heavy atom. The normalized spacial score (nSPS) is 16.2. The van der Waals surface area contributed by atoms with E-state index in [1.165, 1.54) is 4.90 Å². The van der Waals surface area contributed by atoms with E-state index in [0.717, 1.165) is 45.5 Å². The zero-order chi connectivity index (χ0) is 22.9. The summed E-state index contributed by atoms with van der Waals surface area (Å²) in [6, 6.07) is 6.49. The van der Waals surface area contributed by atoms with Crippen LogP contribution < -0.4 is 10.2 Å². The molecule has 1 aromatic carbocycles. The predicted molar refractivity (Wildman–Crippen MR) is 133 cm³/mol. The summed E-state index contributed by atoms with van der Waals surface area (Å²) < 4.78 is 13.5. The number of thioether (sulfide) groups is 1. The van der Waals surface area contributed by atoms with Gasteiger partial charge in [0, 0.05) is 18.2 Å². The summed E-state index contributed by atoms with van der Waals surface area (Å²) in [6.45, 7) is 3.80. The van der Waals surface area contributed by atoms with Gasteiger partial charge < -0.3 is 14.6 Å². The number of aliphatic imine (C=N–C) groups is 1. The molecule has 0 saturated carbocycles. The van der Waals surface area contributed by atoms with Crippen molar-refractivity contribution in [3.05, 3.63) is 53.0 Å². The molecule has 4 heterocycles. The van der Waals surface area contributed by atoms with Crippen molar-refractivity contribution in [3.63, 3.8) is 0 Å². The van der Waals surface area contributed by atoms with Crippen LogP contribution in [0, 0.1) is 0 Å². The molecule has 5 rings (SSSR count). The molecule has 0 saturated heterocycles. The number of hydrogen-bond donors (Lipinski definition) is 1. The van der Waals surface area contributed by atoms with Gasteiger partial charge in [-0.3, -0.25) is 4.90 Å². The lowest BCUT2D eigenvalue weighted by Gasteiger charge is -2.33. The Kier molecular flexibility index (Phi) is 6.28. The molecule has 33 heavy (non-hydrogen) atoms. The first-order chi connectivity index (χ1) is 16.0. The van der Waals surface area contributed by atoms with E-state index in [4.69, 9.17) is 8.92 Å². The van der Waals surface area contributed by atoms with Crippen molar-refractivity contribution in [1.29, 1.82) is 0 Å². The molecular weight excluding hydrogens is 458 g/mol. The van der Waals surface area contributed by atoms with Gasteiger partial charge in [-0.1, -0.05) is 17.8 Å². The van der Waals surface area contributed by atoms with Crippen LogP contribution in [0.3, 0.4) is 0 Å². The maximum atomic E-state index is 5.96. The highest BCUT2D eigenvalue weighted by Gasteiger charge is 2.27. The molecule has 0 bridgehead atoms. The number of rotatable bonds is 7. The Morgan fingerprint density at radius 3 is 2.94 bits per heavy atom. The molecule has 2 aliphatic heterocycles. The van der Waals surface area contributed by atoms with E-state index in [1.807, 2.05) is 36.5 Å². The Bertz CT molecular complexity index is 1240. The SMILES string of the molecule is COCN1C2=C(NCC=N2)Sc2ccc(Cn3cnc4c(C(C)O[S+](C)C)ncnc43)cc21.